The zero-order chi connectivity index (χ0) is 19.7. The molecule has 4 rings (SSSR count). The summed E-state index contributed by atoms with van der Waals surface area (Å²) in [5.74, 6) is 2.21. The van der Waals surface area contributed by atoms with Gasteiger partial charge in [0.15, 0.2) is 19.9 Å². The fourth-order valence-electron chi connectivity index (χ4n) is 3.30. The number of carbonyl (C=O) groups is 1. The van der Waals surface area contributed by atoms with Crippen molar-refractivity contribution in [3.8, 4) is 17.2 Å². The smallest absolute Gasteiger partial charge is 0.339 e. The minimum atomic E-state index is -0.889. The van der Waals surface area contributed by atoms with Gasteiger partial charge < -0.3 is 4.74 Å². The Morgan fingerprint density at radius 3 is 2.39 bits per heavy atom. The van der Waals surface area contributed by atoms with Crippen LogP contribution in [0.15, 0.2) is 72.8 Å². The van der Waals surface area contributed by atoms with E-state index in [1.165, 1.54) is 20.4 Å². The summed E-state index contributed by atoms with van der Waals surface area (Å²) in [6.07, 6.45) is 6.13. The van der Waals surface area contributed by atoms with Gasteiger partial charge in [-0.3, -0.25) is 0 Å². The Morgan fingerprint density at radius 1 is 1.00 bits per heavy atom. The lowest BCUT2D eigenvalue weighted by Crippen LogP contribution is -2.29. The van der Waals surface area contributed by atoms with Gasteiger partial charge in [-0.1, -0.05) is 43.2 Å². The van der Waals surface area contributed by atoms with Crippen molar-refractivity contribution in [3.05, 3.63) is 78.4 Å². The molecule has 0 bridgehead atoms. The number of terminal acetylenes is 1. The molecule has 0 aliphatic heterocycles. The van der Waals surface area contributed by atoms with E-state index in [1.807, 2.05) is 31.2 Å². The van der Waals surface area contributed by atoms with E-state index in [-0.39, 0.29) is 16.4 Å². The number of benzene rings is 3. The van der Waals surface area contributed by atoms with Crippen LogP contribution in [0.3, 0.4) is 0 Å². The Hall–Kier alpha value is -3.09. The molecule has 0 saturated carbocycles. The predicted octanol–water partition coefficient (Wildman–Crippen LogP) is 6.69. The van der Waals surface area contributed by atoms with Gasteiger partial charge >= 0.3 is 5.97 Å². The van der Waals surface area contributed by atoms with E-state index >= 15 is 0 Å². The van der Waals surface area contributed by atoms with Gasteiger partial charge in [0, 0.05) is 27.3 Å². The number of esters is 1. The van der Waals surface area contributed by atoms with Gasteiger partial charge in [0.1, 0.15) is 0 Å². The van der Waals surface area contributed by atoms with Crippen molar-refractivity contribution >= 4 is 36.6 Å². The first-order valence-electron chi connectivity index (χ1n) is 9.30. The van der Waals surface area contributed by atoms with Crippen LogP contribution < -0.4 is 0 Å². The van der Waals surface area contributed by atoms with Gasteiger partial charge in [-0.05, 0) is 49.7 Å². The van der Waals surface area contributed by atoms with E-state index in [4.69, 9.17) is 11.2 Å². The summed E-state index contributed by atoms with van der Waals surface area (Å²) in [7, 11) is -0.242. The zero-order valence-corrected chi connectivity index (χ0v) is 16.8. The summed E-state index contributed by atoms with van der Waals surface area (Å²) in [5, 5.41) is 2.40. The Bertz CT molecular complexity index is 1210. The number of fused-ring (bicyclic) bond motifs is 3. The van der Waals surface area contributed by atoms with E-state index in [0.717, 1.165) is 4.70 Å². The van der Waals surface area contributed by atoms with Gasteiger partial charge in [-0.15, -0.1) is 6.42 Å². The topological polar surface area (TPSA) is 26.3 Å². The van der Waals surface area contributed by atoms with Crippen molar-refractivity contribution in [1.29, 1.82) is 0 Å². The second kappa shape index (κ2) is 7.14. The third-order valence-electron chi connectivity index (χ3n) is 5.11. The van der Waals surface area contributed by atoms with Gasteiger partial charge in [0.05, 0.1) is 5.56 Å². The lowest BCUT2D eigenvalue weighted by Gasteiger charge is -2.22. The monoisotopic (exact) mass is 385 g/mol. The molecule has 0 spiro atoms. The van der Waals surface area contributed by atoms with E-state index < -0.39 is 5.60 Å². The second-order valence-corrected chi connectivity index (χ2v) is 8.91. The molecule has 1 aromatic heterocycles. The lowest BCUT2D eigenvalue weighted by molar-refractivity contribution is 0.0132. The van der Waals surface area contributed by atoms with Crippen LogP contribution in [-0.4, -0.2) is 11.6 Å². The third kappa shape index (κ3) is 3.06. The average molecular weight is 386 g/mol. The van der Waals surface area contributed by atoms with Crippen molar-refractivity contribution in [2.75, 3.05) is 0 Å². The van der Waals surface area contributed by atoms with Crippen molar-refractivity contribution < 1.29 is 9.53 Å². The molecule has 4 aromatic rings. The van der Waals surface area contributed by atoms with Crippen molar-refractivity contribution in [1.82, 2.24) is 0 Å². The zero-order valence-electron chi connectivity index (χ0n) is 15.9. The van der Waals surface area contributed by atoms with Crippen LogP contribution in [-0.2, 0) is 4.74 Å². The summed E-state index contributed by atoms with van der Waals surface area (Å²) in [5.41, 5.74) is -0.352. The van der Waals surface area contributed by atoms with Gasteiger partial charge in [-0.25, -0.2) is 4.79 Å². The molecular formula is C25H21O2S+. The summed E-state index contributed by atoms with van der Waals surface area (Å²) >= 11 is 0. The van der Waals surface area contributed by atoms with Gasteiger partial charge in [0.25, 0.3) is 0 Å². The molecule has 138 valence electrons. The molecule has 0 amide bonds. The van der Waals surface area contributed by atoms with Crippen molar-refractivity contribution in [2.45, 2.75) is 25.9 Å². The van der Waals surface area contributed by atoms with E-state index in [1.54, 1.807) is 6.92 Å². The van der Waals surface area contributed by atoms with Crippen LogP contribution in [0.25, 0.3) is 25.1 Å². The number of hydrogen-bond acceptors (Lipinski definition) is 2. The largest absolute Gasteiger partial charge is 0.443 e. The third-order valence-corrected chi connectivity index (χ3v) is 7.43. The van der Waals surface area contributed by atoms with Crippen molar-refractivity contribution in [3.63, 3.8) is 0 Å². The first-order valence-corrected chi connectivity index (χ1v) is 10.5. The summed E-state index contributed by atoms with van der Waals surface area (Å²) in [6.45, 7) is 3.68. The molecule has 2 unspecified atom stereocenters. The molecule has 0 aliphatic rings. The molecule has 0 saturated heterocycles. The number of thiophene rings is 1. The van der Waals surface area contributed by atoms with Crippen LogP contribution in [0.5, 0.6) is 0 Å². The summed E-state index contributed by atoms with van der Waals surface area (Å²) in [6, 6.07) is 24.7. The van der Waals surface area contributed by atoms with E-state index in [0.29, 0.717) is 12.0 Å². The fourth-order valence-corrected chi connectivity index (χ4v) is 5.73. The number of rotatable bonds is 4. The quantitative estimate of drug-likeness (QED) is 0.222. The molecule has 3 heteroatoms. The number of ether oxygens (including phenoxy) is 1. The van der Waals surface area contributed by atoms with Crippen molar-refractivity contribution in [2.24, 2.45) is 0 Å². The molecule has 2 atom stereocenters. The molecular weight excluding hydrogens is 364 g/mol. The molecule has 0 aliphatic carbocycles. The molecule has 0 radical (unpaired) electrons. The predicted molar refractivity (Wildman–Crippen MR) is 118 cm³/mol. The summed E-state index contributed by atoms with van der Waals surface area (Å²) in [4.78, 5) is 14.0. The first kappa shape index (κ1) is 18.3. The minimum absolute atomic E-state index is 0.242. The maximum Gasteiger partial charge on any atom is 0.339 e. The number of hydrogen-bond donors (Lipinski definition) is 0. The first-order chi connectivity index (χ1) is 13.6. The SMILES string of the molecule is C#CC(C)(CC)OC(=O)c1ccc2c3ccccc3[s+](-c3ccccc3)c2c1. The molecule has 3 aromatic carbocycles. The average Bonchev–Trinajstić information content (AvgIpc) is 3.08. The molecule has 28 heavy (non-hydrogen) atoms. The lowest BCUT2D eigenvalue weighted by atomic mass is 10.0. The maximum absolute atomic E-state index is 12.8. The highest BCUT2D eigenvalue weighted by Gasteiger charge is 2.28. The van der Waals surface area contributed by atoms with Crippen LogP contribution in [0, 0.1) is 12.3 Å². The Kier molecular flexibility index (Phi) is 4.66. The molecule has 0 fully saturated rings. The van der Waals surface area contributed by atoms with Crippen LogP contribution >= 0.6 is 10.5 Å². The van der Waals surface area contributed by atoms with E-state index in [2.05, 4.69) is 54.5 Å². The molecule has 0 N–H and O–H groups in total. The van der Waals surface area contributed by atoms with Gasteiger partial charge in [0.2, 0.25) is 0 Å². The highest BCUT2D eigenvalue weighted by molar-refractivity contribution is 7.50. The molecule has 1 heterocycles. The van der Waals surface area contributed by atoms with Crippen LogP contribution in [0.2, 0.25) is 0 Å². The standard InChI is InChI=1S/C25H21O2S/c1-4-25(3,5-2)27-24(26)18-15-16-21-20-13-9-10-14-22(20)28(23(21)17-18)19-11-7-6-8-12-19/h1,6-17H,5H2,2-3H3/q+1. The normalized spacial score (nSPS) is 13.8. The minimum Gasteiger partial charge on any atom is -0.443 e. The second-order valence-electron chi connectivity index (χ2n) is 6.94. The highest BCUT2D eigenvalue weighted by atomic mass is 32.2. The fraction of sp³-hybridized carbons (Fsp3) is 0.160. The highest BCUT2D eigenvalue weighted by Crippen LogP contribution is 2.48. The maximum atomic E-state index is 12.8. The Balaban J connectivity index is 1.91. The number of carbonyl (C=O) groups excluding carboxylic acids is 1. The summed E-state index contributed by atoms with van der Waals surface area (Å²) < 4.78 is 8.07. The van der Waals surface area contributed by atoms with E-state index in [9.17, 15) is 4.79 Å². The Labute approximate surface area is 167 Å². The van der Waals surface area contributed by atoms with Crippen LogP contribution in [0.1, 0.15) is 30.6 Å². The Morgan fingerprint density at radius 2 is 1.68 bits per heavy atom. The van der Waals surface area contributed by atoms with Gasteiger partial charge in [-0.2, -0.15) is 0 Å². The van der Waals surface area contributed by atoms with Crippen LogP contribution in [0.4, 0.5) is 0 Å². The molecule has 2 nitrogen and oxygen atoms in total.